The standard InChI is InChI=1S/C9H16N2O/c1-10-5-6-11(2)9(10)8-4-3-7-12-8/h3-7H2,1-2H3. The quantitative estimate of drug-likeness (QED) is 0.533. The fraction of sp³-hybridized carbons (Fsp3) is 0.778. The molecule has 3 heteroatoms. The van der Waals surface area contributed by atoms with Crippen LogP contribution in [0.3, 0.4) is 0 Å². The molecule has 0 aromatic heterocycles. The van der Waals surface area contributed by atoms with E-state index in [-0.39, 0.29) is 0 Å². The molecule has 0 amide bonds. The fourth-order valence-electron chi connectivity index (χ4n) is 1.91. The number of rotatable bonds is 0. The first-order valence-electron chi connectivity index (χ1n) is 4.57. The topological polar surface area (TPSA) is 15.7 Å². The second-order valence-corrected chi connectivity index (χ2v) is 3.54. The van der Waals surface area contributed by atoms with Gasteiger partial charge in [-0.25, -0.2) is 0 Å². The maximum atomic E-state index is 5.57. The SMILES string of the molecule is CN1CCN(C)C1=C1CCCO1. The van der Waals surface area contributed by atoms with Gasteiger partial charge >= 0.3 is 0 Å². The van der Waals surface area contributed by atoms with Crippen LogP contribution >= 0.6 is 0 Å². The van der Waals surface area contributed by atoms with Crippen LogP contribution in [0.2, 0.25) is 0 Å². The average Bonchev–Trinajstić information content (AvgIpc) is 2.61. The molecule has 2 rings (SSSR count). The van der Waals surface area contributed by atoms with Gasteiger partial charge in [0, 0.05) is 33.6 Å². The van der Waals surface area contributed by atoms with E-state index in [0.29, 0.717) is 0 Å². The van der Waals surface area contributed by atoms with E-state index in [4.69, 9.17) is 4.74 Å². The predicted octanol–water partition coefficient (Wildman–Crippen LogP) is 0.843. The predicted molar refractivity (Wildman–Crippen MR) is 47.5 cm³/mol. The van der Waals surface area contributed by atoms with E-state index < -0.39 is 0 Å². The minimum Gasteiger partial charge on any atom is -0.494 e. The van der Waals surface area contributed by atoms with Crippen LogP contribution < -0.4 is 0 Å². The van der Waals surface area contributed by atoms with Gasteiger partial charge in [0.05, 0.1) is 6.61 Å². The number of ether oxygens (including phenoxy) is 1. The first-order chi connectivity index (χ1) is 5.79. The molecule has 0 N–H and O–H groups in total. The number of hydrogen-bond acceptors (Lipinski definition) is 3. The number of likely N-dealkylation sites (N-methyl/N-ethyl adjacent to an activating group) is 2. The molecule has 3 nitrogen and oxygen atoms in total. The molecule has 0 atom stereocenters. The van der Waals surface area contributed by atoms with Crippen molar-refractivity contribution in [3.63, 3.8) is 0 Å². The van der Waals surface area contributed by atoms with Crippen LogP contribution in [-0.2, 0) is 4.74 Å². The molecule has 2 aliphatic rings. The summed E-state index contributed by atoms with van der Waals surface area (Å²) in [4.78, 5) is 4.56. The lowest BCUT2D eigenvalue weighted by Crippen LogP contribution is -2.18. The third kappa shape index (κ3) is 1.13. The molecule has 2 aliphatic heterocycles. The van der Waals surface area contributed by atoms with Gasteiger partial charge in [-0.3, -0.25) is 0 Å². The normalized spacial score (nSPS) is 23.8. The highest BCUT2D eigenvalue weighted by atomic mass is 16.5. The van der Waals surface area contributed by atoms with Crippen LogP contribution in [0.5, 0.6) is 0 Å². The highest BCUT2D eigenvalue weighted by Gasteiger charge is 2.25. The molecule has 0 bridgehead atoms. The highest BCUT2D eigenvalue weighted by Crippen LogP contribution is 2.26. The molecule has 0 radical (unpaired) electrons. The van der Waals surface area contributed by atoms with E-state index in [9.17, 15) is 0 Å². The van der Waals surface area contributed by atoms with Crippen molar-refractivity contribution in [1.82, 2.24) is 9.80 Å². The third-order valence-corrected chi connectivity index (χ3v) is 2.57. The molecular formula is C9H16N2O. The van der Waals surface area contributed by atoms with Crippen LogP contribution in [-0.4, -0.2) is 43.6 Å². The minimum absolute atomic E-state index is 0.903. The van der Waals surface area contributed by atoms with Crippen LogP contribution in [0.25, 0.3) is 0 Å². The van der Waals surface area contributed by atoms with Crippen LogP contribution in [0.4, 0.5) is 0 Å². The smallest absolute Gasteiger partial charge is 0.142 e. The molecule has 12 heavy (non-hydrogen) atoms. The Hall–Kier alpha value is -0.860. The minimum atomic E-state index is 0.903. The van der Waals surface area contributed by atoms with Gasteiger partial charge in [0.15, 0.2) is 0 Å². The van der Waals surface area contributed by atoms with Gasteiger partial charge in [-0.15, -0.1) is 0 Å². The third-order valence-electron chi connectivity index (χ3n) is 2.57. The molecule has 68 valence electrons. The summed E-state index contributed by atoms with van der Waals surface area (Å²) in [6.45, 7) is 3.15. The van der Waals surface area contributed by atoms with Gasteiger partial charge in [-0.1, -0.05) is 0 Å². The van der Waals surface area contributed by atoms with E-state index in [1.54, 1.807) is 0 Å². The zero-order valence-electron chi connectivity index (χ0n) is 7.84. The van der Waals surface area contributed by atoms with Crippen molar-refractivity contribution in [1.29, 1.82) is 0 Å². The molecule has 0 spiro atoms. The van der Waals surface area contributed by atoms with E-state index in [0.717, 1.165) is 26.1 Å². The van der Waals surface area contributed by atoms with Gasteiger partial charge in [0.2, 0.25) is 0 Å². The molecule has 0 aromatic carbocycles. The monoisotopic (exact) mass is 168 g/mol. The van der Waals surface area contributed by atoms with Crippen LogP contribution in [0.15, 0.2) is 11.6 Å². The summed E-state index contributed by atoms with van der Waals surface area (Å²) in [6.07, 6.45) is 2.30. The number of allylic oxidation sites excluding steroid dienone is 1. The summed E-state index contributed by atoms with van der Waals surface area (Å²) in [5.74, 6) is 2.49. The van der Waals surface area contributed by atoms with E-state index in [1.165, 1.54) is 18.0 Å². The molecule has 0 aromatic rings. The van der Waals surface area contributed by atoms with Crippen LogP contribution in [0, 0.1) is 0 Å². The Morgan fingerprint density at radius 2 is 1.83 bits per heavy atom. The molecule has 0 aliphatic carbocycles. The van der Waals surface area contributed by atoms with Crippen molar-refractivity contribution >= 4 is 0 Å². The van der Waals surface area contributed by atoms with Gasteiger partial charge in [0.1, 0.15) is 11.6 Å². The molecule has 0 unspecified atom stereocenters. The summed E-state index contributed by atoms with van der Waals surface area (Å²) in [6, 6.07) is 0. The molecule has 2 saturated heterocycles. The lowest BCUT2D eigenvalue weighted by Gasteiger charge is -2.19. The Labute approximate surface area is 73.6 Å². The van der Waals surface area contributed by atoms with Gasteiger partial charge < -0.3 is 14.5 Å². The second-order valence-electron chi connectivity index (χ2n) is 3.54. The van der Waals surface area contributed by atoms with Gasteiger partial charge in [-0.2, -0.15) is 0 Å². The zero-order chi connectivity index (χ0) is 8.55. The van der Waals surface area contributed by atoms with Gasteiger partial charge in [0.25, 0.3) is 0 Å². The molecule has 2 fully saturated rings. The van der Waals surface area contributed by atoms with Crippen molar-refractivity contribution in [2.45, 2.75) is 12.8 Å². The molecule has 0 saturated carbocycles. The fourth-order valence-corrected chi connectivity index (χ4v) is 1.91. The van der Waals surface area contributed by atoms with Crippen LogP contribution in [0.1, 0.15) is 12.8 Å². The van der Waals surface area contributed by atoms with Gasteiger partial charge in [-0.05, 0) is 6.42 Å². The zero-order valence-corrected chi connectivity index (χ0v) is 7.84. The van der Waals surface area contributed by atoms with E-state index >= 15 is 0 Å². The molecule has 2 heterocycles. The summed E-state index contributed by atoms with van der Waals surface area (Å²) in [5, 5.41) is 0. The maximum Gasteiger partial charge on any atom is 0.142 e. The van der Waals surface area contributed by atoms with Crippen molar-refractivity contribution in [2.24, 2.45) is 0 Å². The lowest BCUT2D eigenvalue weighted by atomic mass is 10.3. The summed E-state index contributed by atoms with van der Waals surface area (Å²) in [5.41, 5.74) is 0. The Morgan fingerprint density at radius 1 is 1.17 bits per heavy atom. The van der Waals surface area contributed by atoms with Crippen molar-refractivity contribution in [3.05, 3.63) is 11.6 Å². The number of hydrogen-bond donors (Lipinski definition) is 0. The summed E-state index contributed by atoms with van der Waals surface area (Å²) in [7, 11) is 4.26. The Morgan fingerprint density at radius 3 is 2.33 bits per heavy atom. The first-order valence-corrected chi connectivity index (χ1v) is 4.57. The van der Waals surface area contributed by atoms with Crippen molar-refractivity contribution in [3.8, 4) is 0 Å². The second kappa shape index (κ2) is 2.88. The van der Waals surface area contributed by atoms with Crippen molar-refractivity contribution < 1.29 is 4.74 Å². The largest absolute Gasteiger partial charge is 0.494 e. The number of nitrogens with zero attached hydrogens (tertiary/aromatic N) is 2. The first kappa shape index (κ1) is 7.77. The Kier molecular flexibility index (Phi) is 1.87. The van der Waals surface area contributed by atoms with E-state index in [1.807, 2.05) is 0 Å². The summed E-state index contributed by atoms with van der Waals surface area (Å²) < 4.78 is 5.57. The Balaban J connectivity index is 2.23. The Bertz CT molecular complexity index is 193. The van der Waals surface area contributed by atoms with Crippen molar-refractivity contribution in [2.75, 3.05) is 33.8 Å². The van der Waals surface area contributed by atoms with E-state index in [2.05, 4.69) is 23.9 Å². The highest BCUT2D eigenvalue weighted by molar-refractivity contribution is 5.11. The molecular weight excluding hydrogens is 152 g/mol. The average molecular weight is 168 g/mol. The maximum absolute atomic E-state index is 5.57. The summed E-state index contributed by atoms with van der Waals surface area (Å²) >= 11 is 0. The lowest BCUT2D eigenvalue weighted by molar-refractivity contribution is 0.236.